The molecule has 31 heavy (non-hydrogen) atoms. The van der Waals surface area contributed by atoms with Crippen LogP contribution in [0.15, 0.2) is 53.1 Å². The van der Waals surface area contributed by atoms with Gasteiger partial charge >= 0.3 is 0 Å². The molecule has 2 heterocycles. The molecule has 1 aromatic heterocycles. The van der Waals surface area contributed by atoms with Crippen LogP contribution in [0, 0.1) is 5.92 Å². The van der Waals surface area contributed by atoms with Gasteiger partial charge in [0.25, 0.3) is 0 Å². The van der Waals surface area contributed by atoms with Crippen molar-refractivity contribution >= 4 is 11.6 Å². The van der Waals surface area contributed by atoms with Crippen LogP contribution in [0.3, 0.4) is 0 Å². The summed E-state index contributed by atoms with van der Waals surface area (Å²) in [5, 5.41) is 7.12. The summed E-state index contributed by atoms with van der Waals surface area (Å²) in [6.45, 7) is 2.04. The molecule has 0 saturated carbocycles. The van der Waals surface area contributed by atoms with Crippen LogP contribution in [0.25, 0.3) is 11.4 Å². The number of carbonyl (C=O) groups excluding carboxylic acids is 1. The van der Waals surface area contributed by atoms with E-state index in [1.807, 2.05) is 42.5 Å². The van der Waals surface area contributed by atoms with Crippen LogP contribution in [0.2, 0.25) is 0 Å². The number of piperidine rings is 1. The lowest BCUT2D eigenvalue weighted by Crippen LogP contribution is -2.40. The summed E-state index contributed by atoms with van der Waals surface area (Å²) in [5.74, 6) is 2.25. The van der Waals surface area contributed by atoms with Crippen LogP contribution < -0.4 is 14.8 Å². The van der Waals surface area contributed by atoms with E-state index >= 15 is 0 Å². The van der Waals surface area contributed by atoms with Gasteiger partial charge < -0.3 is 19.3 Å². The number of para-hydroxylation sites is 1. The molecule has 3 aromatic rings. The molecule has 1 saturated heterocycles. The number of likely N-dealkylation sites (tertiary alicyclic amines) is 1. The number of benzene rings is 2. The number of anilines is 1. The highest BCUT2D eigenvalue weighted by atomic mass is 16.5. The van der Waals surface area contributed by atoms with E-state index < -0.39 is 0 Å². The first-order valence-corrected chi connectivity index (χ1v) is 10.3. The zero-order chi connectivity index (χ0) is 21.6. The average molecular weight is 422 g/mol. The fraction of sp³-hybridized carbons (Fsp3) is 0.348. The predicted molar refractivity (Wildman–Crippen MR) is 116 cm³/mol. The van der Waals surface area contributed by atoms with Crippen molar-refractivity contribution in [3.8, 4) is 22.9 Å². The van der Waals surface area contributed by atoms with Gasteiger partial charge in [0.15, 0.2) is 0 Å². The van der Waals surface area contributed by atoms with Crippen LogP contribution in [0.1, 0.15) is 18.7 Å². The molecule has 4 rings (SSSR count). The summed E-state index contributed by atoms with van der Waals surface area (Å²) in [7, 11) is 3.19. The topological polar surface area (TPSA) is 89.7 Å². The fourth-order valence-electron chi connectivity index (χ4n) is 3.78. The van der Waals surface area contributed by atoms with Crippen LogP contribution in [0.5, 0.6) is 11.5 Å². The second-order valence-corrected chi connectivity index (χ2v) is 7.51. The lowest BCUT2D eigenvalue weighted by molar-refractivity contribution is -0.121. The van der Waals surface area contributed by atoms with E-state index in [4.69, 9.17) is 14.0 Å². The molecular formula is C23H26N4O4. The number of aromatic nitrogens is 2. The third-order valence-corrected chi connectivity index (χ3v) is 5.39. The molecule has 1 aliphatic heterocycles. The molecule has 162 valence electrons. The van der Waals surface area contributed by atoms with Crippen molar-refractivity contribution in [1.29, 1.82) is 0 Å². The van der Waals surface area contributed by atoms with Crippen LogP contribution in [-0.2, 0) is 11.3 Å². The Kier molecular flexibility index (Phi) is 6.47. The van der Waals surface area contributed by atoms with Crippen molar-refractivity contribution in [3.05, 3.63) is 54.4 Å². The first-order valence-electron chi connectivity index (χ1n) is 10.3. The van der Waals surface area contributed by atoms with E-state index in [0.29, 0.717) is 36.3 Å². The van der Waals surface area contributed by atoms with Crippen molar-refractivity contribution in [1.82, 2.24) is 15.0 Å². The Labute approximate surface area is 181 Å². The molecule has 1 N–H and O–H groups in total. The zero-order valence-corrected chi connectivity index (χ0v) is 17.7. The molecule has 1 unspecified atom stereocenters. The standard InChI is InChI=1S/C23H26N4O4/c1-29-18-10-11-19(20(13-18)30-2)22-25-21(31-26-22)15-27-12-6-7-16(14-27)23(28)24-17-8-4-3-5-9-17/h3-5,8-11,13,16H,6-7,12,14-15H2,1-2H3,(H,24,28). The molecule has 0 radical (unpaired) electrons. The molecule has 1 amide bonds. The Hall–Kier alpha value is -3.39. The van der Waals surface area contributed by atoms with Crippen molar-refractivity contribution in [3.63, 3.8) is 0 Å². The van der Waals surface area contributed by atoms with Crippen LogP contribution in [-0.4, -0.2) is 48.3 Å². The lowest BCUT2D eigenvalue weighted by Gasteiger charge is -2.30. The third-order valence-electron chi connectivity index (χ3n) is 5.39. The van der Waals surface area contributed by atoms with Gasteiger partial charge in [-0.25, -0.2) is 0 Å². The molecular weight excluding hydrogens is 396 g/mol. The molecule has 0 bridgehead atoms. The fourth-order valence-corrected chi connectivity index (χ4v) is 3.78. The van der Waals surface area contributed by atoms with E-state index in [9.17, 15) is 4.79 Å². The van der Waals surface area contributed by atoms with Gasteiger partial charge in [-0.1, -0.05) is 23.4 Å². The highest BCUT2D eigenvalue weighted by Gasteiger charge is 2.27. The van der Waals surface area contributed by atoms with Gasteiger partial charge in [0.1, 0.15) is 11.5 Å². The highest BCUT2D eigenvalue weighted by Crippen LogP contribution is 2.31. The number of amides is 1. The summed E-state index contributed by atoms with van der Waals surface area (Å²) in [4.78, 5) is 19.4. The third kappa shape index (κ3) is 5.03. The molecule has 8 heteroatoms. The quantitative estimate of drug-likeness (QED) is 0.622. The van der Waals surface area contributed by atoms with Crippen molar-refractivity contribution < 1.29 is 18.8 Å². The summed E-state index contributed by atoms with van der Waals surface area (Å²) in [6.07, 6.45) is 1.81. The van der Waals surface area contributed by atoms with Crippen LogP contribution in [0.4, 0.5) is 5.69 Å². The summed E-state index contributed by atoms with van der Waals surface area (Å²) in [6, 6.07) is 15.0. The molecule has 1 atom stereocenters. The number of hydrogen-bond donors (Lipinski definition) is 1. The van der Waals surface area contributed by atoms with Gasteiger partial charge in [-0.05, 0) is 43.7 Å². The number of carbonyl (C=O) groups is 1. The second kappa shape index (κ2) is 9.61. The molecule has 0 spiro atoms. The predicted octanol–water partition coefficient (Wildman–Crippen LogP) is 3.60. The number of nitrogens with zero attached hydrogens (tertiary/aromatic N) is 3. The van der Waals surface area contributed by atoms with E-state index in [2.05, 4.69) is 20.4 Å². The maximum Gasteiger partial charge on any atom is 0.241 e. The largest absolute Gasteiger partial charge is 0.497 e. The van der Waals surface area contributed by atoms with Crippen molar-refractivity contribution in [2.24, 2.45) is 5.92 Å². The Morgan fingerprint density at radius 1 is 1.19 bits per heavy atom. The van der Waals surface area contributed by atoms with Gasteiger partial charge in [0.2, 0.25) is 17.6 Å². The minimum absolute atomic E-state index is 0.0464. The van der Waals surface area contributed by atoms with Crippen molar-refractivity contribution in [2.75, 3.05) is 32.6 Å². The summed E-state index contributed by atoms with van der Waals surface area (Å²) >= 11 is 0. The molecule has 2 aromatic carbocycles. The number of rotatable bonds is 7. The van der Waals surface area contributed by atoms with E-state index in [1.54, 1.807) is 20.3 Å². The average Bonchev–Trinajstić information content (AvgIpc) is 3.27. The Morgan fingerprint density at radius 2 is 2.03 bits per heavy atom. The minimum Gasteiger partial charge on any atom is -0.497 e. The maximum absolute atomic E-state index is 12.7. The minimum atomic E-state index is -0.0713. The summed E-state index contributed by atoms with van der Waals surface area (Å²) < 4.78 is 16.1. The number of hydrogen-bond acceptors (Lipinski definition) is 7. The van der Waals surface area contributed by atoms with E-state index in [0.717, 1.165) is 30.6 Å². The van der Waals surface area contributed by atoms with Gasteiger partial charge in [-0.3, -0.25) is 9.69 Å². The molecule has 8 nitrogen and oxygen atoms in total. The van der Waals surface area contributed by atoms with E-state index in [1.165, 1.54) is 0 Å². The highest BCUT2D eigenvalue weighted by molar-refractivity contribution is 5.92. The molecule has 0 aliphatic carbocycles. The summed E-state index contributed by atoms with van der Waals surface area (Å²) in [5.41, 5.74) is 1.55. The second-order valence-electron chi connectivity index (χ2n) is 7.51. The Balaban J connectivity index is 1.40. The van der Waals surface area contributed by atoms with Gasteiger partial charge in [0.05, 0.1) is 32.2 Å². The lowest BCUT2D eigenvalue weighted by atomic mass is 9.97. The zero-order valence-electron chi connectivity index (χ0n) is 17.7. The first kappa shape index (κ1) is 20.9. The first-order chi connectivity index (χ1) is 15.2. The monoisotopic (exact) mass is 422 g/mol. The Morgan fingerprint density at radius 3 is 2.81 bits per heavy atom. The Bertz CT molecular complexity index is 1020. The number of nitrogens with one attached hydrogen (secondary N) is 1. The number of methoxy groups -OCH3 is 2. The smallest absolute Gasteiger partial charge is 0.241 e. The maximum atomic E-state index is 12.7. The van der Waals surface area contributed by atoms with Gasteiger partial charge in [-0.2, -0.15) is 4.98 Å². The SMILES string of the molecule is COc1ccc(-c2noc(CN3CCCC(C(=O)Nc4ccccc4)C3)n2)c(OC)c1. The normalized spacial score (nSPS) is 16.6. The molecule has 1 aliphatic rings. The van der Waals surface area contributed by atoms with Gasteiger partial charge in [-0.15, -0.1) is 0 Å². The number of ether oxygens (including phenoxy) is 2. The van der Waals surface area contributed by atoms with Crippen molar-refractivity contribution in [2.45, 2.75) is 19.4 Å². The van der Waals surface area contributed by atoms with Crippen LogP contribution >= 0.6 is 0 Å². The van der Waals surface area contributed by atoms with Gasteiger partial charge in [0, 0.05) is 18.3 Å². The van der Waals surface area contributed by atoms with E-state index in [-0.39, 0.29) is 11.8 Å². The molecule has 1 fully saturated rings.